The van der Waals surface area contributed by atoms with E-state index in [1.807, 2.05) is 40.7 Å². The molecule has 0 unspecified atom stereocenters. The van der Waals surface area contributed by atoms with Crippen molar-refractivity contribution in [1.82, 2.24) is 24.6 Å². The predicted molar refractivity (Wildman–Crippen MR) is 98.4 cm³/mol. The van der Waals surface area contributed by atoms with Crippen molar-refractivity contribution in [3.05, 3.63) is 48.7 Å². The van der Waals surface area contributed by atoms with E-state index in [-0.39, 0.29) is 11.9 Å². The summed E-state index contributed by atoms with van der Waals surface area (Å²) in [6, 6.07) is 7.89. The minimum Gasteiger partial charge on any atom is -0.354 e. The summed E-state index contributed by atoms with van der Waals surface area (Å²) in [5.74, 6) is 1.24. The molecule has 6 nitrogen and oxygen atoms in total. The van der Waals surface area contributed by atoms with E-state index in [2.05, 4.69) is 41.4 Å². The van der Waals surface area contributed by atoms with Crippen molar-refractivity contribution >= 4 is 16.8 Å². The Balaban J connectivity index is 1.51. The summed E-state index contributed by atoms with van der Waals surface area (Å²) in [5.41, 5.74) is 1.13. The molecule has 0 spiro atoms. The minimum atomic E-state index is -0.259. The first kappa shape index (κ1) is 17.2. The lowest BCUT2D eigenvalue weighted by Crippen LogP contribution is -2.32. The molecule has 2 heterocycles. The maximum absolute atomic E-state index is 12.4. The fourth-order valence-electron chi connectivity index (χ4n) is 3.02. The summed E-state index contributed by atoms with van der Waals surface area (Å²) < 4.78 is 3.93. The Kier molecular flexibility index (Phi) is 5.16. The van der Waals surface area contributed by atoms with Gasteiger partial charge < -0.3 is 9.88 Å². The first-order chi connectivity index (χ1) is 12.1. The van der Waals surface area contributed by atoms with Crippen molar-refractivity contribution < 1.29 is 4.79 Å². The van der Waals surface area contributed by atoms with Crippen LogP contribution >= 0.6 is 0 Å². The summed E-state index contributed by atoms with van der Waals surface area (Å²) >= 11 is 0. The van der Waals surface area contributed by atoms with Gasteiger partial charge in [0.15, 0.2) is 0 Å². The van der Waals surface area contributed by atoms with E-state index in [1.54, 1.807) is 6.20 Å². The van der Waals surface area contributed by atoms with Gasteiger partial charge in [0.25, 0.3) is 0 Å². The molecule has 1 aromatic carbocycles. The minimum absolute atomic E-state index is 0.0187. The van der Waals surface area contributed by atoms with Crippen LogP contribution in [0.2, 0.25) is 0 Å². The fourth-order valence-corrected chi connectivity index (χ4v) is 3.02. The van der Waals surface area contributed by atoms with Gasteiger partial charge in [-0.05, 0) is 19.4 Å². The lowest BCUT2D eigenvalue weighted by molar-refractivity contribution is -0.123. The highest BCUT2D eigenvalue weighted by atomic mass is 16.2. The molecule has 2 aromatic heterocycles. The topological polar surface area (TPSA) is 64.7 Å². The number of carbonyl (C=O) groups is 1. The fraction of sp³-hybridized carbons (Fsp3) is 0.421. The molecule has 6 heteroatoms. The standard InChI is InChI=1S/C19H25N5O/c1-14(2)18-20-10-12-23(18)15(3)19(25)21-9-6-11-24-17-8-5-4-7-16(17)13-22-24/h4-5,7-8,10,12-15H,6,9,11H2,1-3H3,(H,21,25)/t15-/m0/s1. The monoisotopic (exact) mass is 339 g/mol. The normalized spacial score (nSPS) is 12.6. The second kappa shape index (κ2) is 7.51. The number of carbonyl (C=O) groups excluding carboxylic acids is 1. The first-order valence-corrected chi connectivity index (χ1v) is 8.79. The summed E-state index contributed by atoms with van der Waals surface area (Å²) in [6.07, 6.45) is 6.34. The van der Waals surface area contributed by atoms with Crippen LogP contribution in [0.25, 0.3) is 10.9 Å². The quantitative estimate of drug-likeness (QED) is 0.673. The highest BCUT2D eigenvalue weighted by Crippen LogP contribution is 2.17. The van der Waals surface area contributed by atoms with E-state index in [0.717, 1.165) is 29.7 Å². The Hall–Kier alpha value is -2.63. The molecule has 0 bridgehead atoms. The molecule has 1 amide bonds. The zero-order chi connectivity index (χ0) is 17.8. The van der Waals surface area contributed by atoms with E-state index in [4.69, 9.17) is 0 Å². The smallest absolute Gasteiger partial charge is 0.242 e. The third kappa shape index (κ3) is 3.73. The van der Waals surface area contributed by atoms with Crippen molar-refractivity contribution in [2.75, 3.05) is 6.54 Å². The van der Waals surface area contributed by atoms with E-state index in [1.165, 1.54) is 0 Å². The predicted octanol–water partition coefficient (Wildman–Crippen LogP) is 3.12. The number of amides is 1. The number of hydrogen-bond donors (Lipinski definition) is 1. The molecule has 1 N–H and O–H groups in total. The molecule has 0 fully saturated rings. The number of aryl methyl sites for hydroxylation is 1. The molecule has 0 aliphatic carbocycles. The summed E-state index contributed by atoms with van der Waals surface area (Å²) in [5, 5.41) is 8.57. The molecular formula is C19H25N5O. The third-order valence-corrected chi connectivity index (χ3v) is 4.41. The second-order valence-electron chi connectivity index (χ2n) is 6.59. The van der Waals surface area contributed by atoms with Crippen LogP contribution in [0.4, 0.5) is 0 Å². The van der Waals surface area contributed by atoms with E-state index >= 15 is 0 Å². The molecule has 0 radical (unpaired) electrons. The third-order valence-electron chi connectivity index (χ3n) is 4.41. The zero-order valence-corrected chi connectivity index (χ0v) is 15.0. The van der Waals surface area contributed by atoms with Crippen LogP contribution in [-0.4, -0.2) is 31.8 Å². The Bertz CT molecular complexity index is 848. The summed E-state index contributed by atoms with van der Waals surface area (Å²) in [6.45, 7) is 7.48. The highest BCUT2D eigenvalue weighted by molar-refractivity contribution is 5.80. The lowest BCUT2D eigenvalue weighted by Gasteiger charge is -2.17. The van der Waals surface area contributed by atoms with E-state index in [0.29, 0.717) is 12.5 Å². The van der Waals surface area contributed by atoms with E-state index < -0.39 is 0 Å². The SMILES string of the molecule is CC(C)c1nccn1[C@@H](C)C(=O)NCCCn1ncc2ccccc21. The van der Waals surface area contributed by atoms with Gasteiger partial charge in [0.1, 0.15) is 11.9 Å². The van der Waals surface area contributed by atoms with Crippen LogP contribution in [0.15, 0.2) is 42.9 Å². The van der Waals surface area contributed by atoms with Gasteiger partial charge in [-0.25, -0.2) is 4.98 Å². The summed E-state index contributed by atoms with van der Waals surface area (Å²) in [7, 11) is 0. The largest absolute Gasteiger partial charge is 0.354 e. The number of benzene rings is 1. The van der Waals surface area contributed by atoms with Crippen molar-refractivity contribution in [3.8, 4) is 0 Å². The van der Waals surface area contributed by atoms with Gasteiger partial charge >= 0.3 is 0 Å². The van der Waals surface area contributed by atoms with Gasteiger partial charge in [-0.2, -0.15) is 5.10 Å². The number of imidazole rings is 1. The van der Waals surface area contributed by atoms with Crippen LogP contribution in [0, 0.1) is 0 Å². The number of rotatable bonds is 7. The molecule has 0 aliphatic heterocycles. The maximum atomic E-state index is 12.4. The molecular weight excluding hydrogens is 314 g/mol. The highest BCUT2D eigenvalue weighted by Gasteiger charge is 2.18. The van der Waals surface area contributed by atoms with Crippen molar-refractivity contribution in [1.29, 1.82) is 0 Å². The number of para-hydroxylation sites is 1. The molecule has 0 aliphatic rings. The Morgan fingerprint density at radius 2 is 2.04 bits per heavy atom. The number of nitrogens with zero attached hydrogens (tertiary/aromatic N) is 4. The first-order valence-electron chi connectivity index (χ1n) is 8.79. The van der Waals surface area contributed by atoms with Gasteiger partial charge in [0.05, 0.1) is 11.7 Å². The Morgan fingerprint density at radius 3 is 2.84 bits per heavy atom. The average molecular weight is 339 g/mol. The zero-order valence-electron chi connectivity index (χ0n) is 15.0. The molecule has 1 atom stereocenters. The summed E-state index contributed by atoms with van der Waals surface area (Å²) in [4.78, 5) is 16.8. The van der Waals surface area contributed by atoms with Crippen molar-refractivity contribution in [2.24, 2.45) is 0 Å². The van der Waals surface area contributed by atoms with Gasteiger partial charge in [0.2, 0.25) is 5.91 Å². The molecule has 25 heavy (non-hydrogen) atoms. The number of nitrogens with one attached hydrogen (secondary N) is 1. The maximum Gasteiger partial charge on any atom is 0.242 e. The van der Waals surface area contributed by atoms with Crippen LogP contribution in [-0.2, 0) is 11.3 Å². The van der Waals surface area contributed by atoms with Gasteiger partial charge in [-0.3, -0.25) is 9.48 Å². The van der Waals surface area contributed by atoms with Gasteiger partial charge in [-0.1, -0.05) is 32.0 Å². The average Bonchev–Trinajstić information content (AvgIpc) is 3.25. The van der Waals surface area contributed by atoms with Gasteiger partial charge in [-0.15, -0.1) is 0 Å². The van der Waals surface area contributed by atoms with Crippen molar-refractivity contribution in [2.45, 2.75) is 45.7 Å². The molecule has 0 saturated carbocycles. The van der Waals surface area contributed by atoms with Crippen LogP contribution < -0.4 is 5.32 Å². The second-order valence-corrected chi connectivity index (χ2v) is 6.59. The van der Waals surface area contributed by atoms with Crippen molar-refractivity contribution in [3.63, 3.8) is 0 Å². The van der Waals surface area contributed by atoms with E-state index in [9.17, 15) is 4.79 Å². The Labute approximate surface area is 147 Å². The van der Waals surface area contributed by atoms with Gasteiger partial charge in [0, 0.05) is 36.8 Å². The van der Waals surface area contributed by atoms with Crippen LogP contribution in [0.5, 0.6) is 0 Å². The lowest BCUT2D eigenvalue weighted by atomic mass is 10.2. The van der Waals surface area contributed by atoms with Crippen LogP contribution in [0.3, 0.4) is 0 Å². The molecule has 132 valence electrons. The number of aromatic nitrogens is 4. The molecule has 0 saturated heterocycles. The molecule has 3 aromatic rings. The number of hydrogen-bond acceptors (Lipinski definition) is 3. The molecule has 3 rings (SSSR count). The Morgan fingerprint density at radius 1 is 1.24 bits per heavy atom. The number of fused-ring (bicyclic) bond motifs is 1. The van der Waals surface area contributed by atoms with Crippen LogP contribution in [0.1, 0.15) is 45.0 Å².